The van der Waals surface area contributed by atoms with Crippen molar-refractivity contribution in [1.29, 1.82) is 0 Å². The molecule has 0 saturated heterocycles. The lowest BCUT2D eigenvalue weighted by Gasteiger charge is -2.30. The van der Waals surface area contributed by atoms with Gasteiger partial charge in [-0.2, -0.15) is 0 Å². The van der Waals surface area contributed by atoms with Crippen molar-refractivity contribution in [3.63, 3.8) is 0 Å². The number of hydrogen-bond acceptors (Lipinski definition) is 5. The van der Waals surface area contributed by atoms with Gasteiger partial charge in [-0.25, -0.2) is 18.8 Å². The number of phenols is 1. The summed E-state index contributed by atoms with van der Waals surface area (Å²) in [6, 6.07) is 35.1. The Hall–Kier alpha value is -5.56. The van der Waals surface area contributed by atoms with E-state index in [-0.39, 0.29) is 17.7 Å². The average molecular weight is 599 g/mol. The van der Waals surface area contributed by atoms with Gasteiger partial charge in [0.05, 0.1) is 0 Å². The molecule has 0 bridgehead atoms. The Bertz CT molecular complexity index is 2060. The molecular weight excluding hydrogens is 570 g/mol. The standard InChI is InChI=1S/C38H28F2N2O3/c1-23-15-25-13-14-34(41-35(25)33(43)16-23)44-32-20-26(27-18-30(39)22-31(40)19-27)17-28(21-32)37-42-36(24-9-5-3-6-10-24)38(2,45-37)29-11-7-4-8-12-29/h3-22,36,43H,1-2H3/t36-,38+/m0/s1. The number of aliphatic imine (C=N–C) groups is 1. The van der Waals surface area contributed by atoms with Crippen LogP contribution in [0.25, 0.3) is 22.0 Å². The maximum atomic E-state index is 14.4. The summed E-state index contributed by atoms with van der Waals surface area (Å²) in [7, 11) is 0. The van der Waals surface area contributed by atoms with Gasteiger partial charge in [-0.15, -0.1) is 0 Å². The number of fused-ring (bicyclic) bond motifs is 1. The molecule has 1 aliphatic rings. The van der Waals surface area contributed by atoms with Crippen molar-refractivity contribution in [1.82, 2.24) is 4.98 Å². The largest absolute Gasteiger partial charge is 0.506 e. The number of aryl methyl sites for hydroxylation is 1. The second-order valence-electron chi connectivity index (χ2n) is 11.3. The lowest BCUT2D eigenvalue weighted by Crippen LogP contribution is -2.29. The predicted molar refractivity (Wildman–Crippen MR) is 171 cm³/mol. The highest BCUT2D eigenvalue weighted by Gasteiger charge is 2.45. The Morgan fingerprint density at radius 3 is 2.16 bits per heavy atom. The van der Waals surface area contributed by atoms with Crippen molar-refractivity contribution >= 4 is 16.8 Å². The van der Waals surface area contributed by atoms with E-state index in [9.17, 15) is 13.9 Å². The van der Waals surface area contributed by atoms with Gasteiger partial charge in [0.1, 0.15) is 34.7 Å². The van der Waals surface area contributed by atoms with Crippen LogP contribution in [0.15, 0.2) is 126 Å². The Morgan fingerprint density at radius 1 is 0.756 bits per heavy atom. The van der Waals surface area contributed by atoms with Crippen LogP contribution in [0.2, 0.25) is 0 Å². The number of hydrogen-bond donors (Lipinski definition) is 1. The van der Waals surface area contributed by atoms with Gasteiger partial charge in [0, 0.05) is 23.1 Å². The summed E-state index contributed by atoms with van der Waals surface area (Å²) in [5.74, 6) is -0.410. The SMILES string of the molecule is Cc1cc(O)c2nc(Oc3cc(C4=N[C@@H](c5ccccc5)[C@@](C)(c5ccccc5)O4)cc(-c4cc(F)cc(F)c4)c3)ccc2c1. The maximum absolute atomic E-state index is 14.4. The van der Waals surface area contributed by atoms with Gasteiger partial charge < -0.3 is 14.6 Å². The minimum absolute atomic E-state index is 0.0426. The summed E-state index contributed by atoms with van der Waals surface area (Å²) in [4.78, 5) is 9.61. The first-order valence-corrected chi connectivity index (χ1v) is 14.5. The lowest BCUT2D eigenvalue weighted by atomic mass is 9.85. The van der Waals surface area contributed by atoms with Crippen molar-refractivity contribution in [2.45, 2.75) is 25.5 Å². The first-order valence-electron chi connectivity index (χ1n) is 14.5. The first-order chi connectivity index (χ1) is 21.7. The van der Waals surface area contributed by atoms with Crippen LogP contribution in [0.5, 0.6) is 17.4 Å². The fourth-order valence-corrected chi connectivity index (χ4v) is 5.86. The highest BCUT2D eigenvalue weighted by molar-refractivity contribution is 5.97. The quantitative estimate of drug-likeness (QED) is 0.207. The van der Waals surface area contributed by atoms with Gasteiger partial charge in [0.2, 0.25) is 11.8 Å². The molecule has 1 aromatic heterocycles. The summed E-state index contributed by atoms with van der Waals surface area (Å²) in [6.07, 6.45) is 0. The minimum atomic E-state index is -0.838. The molecule has 0 fully saturated rings. The summed E-state index contributed by atoms with van der Waals surface area (Å²) in [6.45, 7) is 3.90. The molecule has 0 spiro atoms. The Labute approximate surface area is 259 Å². The Balaban J connectivity index is 1.35. The number of halogens is 2. The molecule has 7 heteroatoms. The molecule has 45 heavy (non-hydrogen) atoms. The van der Waals surface area contributed by atoms with E-state index in [0.717, 1.165) is 28.1 Å². The zero-order chi connectivity index (χ0) is 31.1. The van der Waals surface area contributed by atoms with Crippen molar-refractivity contribution in [2.75, 3.05) is 0 Å². The molecule has 2 atom stereocenters. The molecule has 0 radical (unpaired) electrons. The molecule has 0 saturated carbocycles. The summed E-state index contributed by atoms with van der Waals surface area (Å²) < 4.78 is 41.6. The second kappa shape index (κ2) is 11.2. The van der Waals surface area contributed by atoms with Crippen LogP contribution in [-0.2, 0) is 10.3 Å². The van der Waals surface area contributed by atoms with Crippen LogP contribution in [-0.4, -0.2) is 16.0 Å². The highest BCUT2D eigenvalue weighted by atomic mass is 19.1. The van der Waals surface area contributed by atoms with E-state index >= 15 is 0 Å². The minimum Gasteiger partial charge on any atom is -0.506 e. The number of rotatable bonds is 6. The summed E-state index contributed by atoms with van der Waals surface area (Å²) in [5.41, 5.74) is 3.78. The van der Waals surface area contributed by atoms with Crippen LogP contribution >= 0.6 is 0 Å². The second-order valence-corrected chi connectivity index (χ2v) is 11.3. The Kier molecular flexibility index (Phi) is 7.01. The van der Waals surface area contributed by atoms with Crippen LogP contribution in [0, 0.1) is 18.6 Å². The number of aromatic nitrogens is 1. The van der Waals surface area contributed by atoms with E-state index in [1.165, 1.54) is 12.1 Å². The zero-order valence-corrected chi connectivity index (χ0v) is 24.5. The van der Waals surface area contributed by atoms with Crippen molar-refractivity contribution in [2.24, 2.45) is 4.99 Å². The number of ether oxygens (including phenoxy) is 2. The van der Waals surface area contributed by atoms with Crippen LogP contribution in [0.4, 0.5) is 8.78 Å². The first kappa shape index (κ1) is 28.2. The molecule has 5 nitrogen and oxygen atoms in total. The average Bonchev–Trinajstić information content (AvgIpc) is 3.40. The number of nitrogens with zero attached hydrogens (tertiary/aromatic N) is 2. The monoisotopic (exact) mass is 598 g/mol. The van der Waals surface area contributed by atoms with Gasteiger partial charge >= 0.3 is 0 Å². The molecule has 1 aliphatic heterocycles. The molecule has 0 aliphatic carbocycles. The van der Waals surface area contributed by atoms with Gasteiger partial charge in [-0.05, 0) is 90.2 Å². The molecule has 6 aromatic rings. The number of benzene rings is 5. The van der Waals surface area contributed by atoms with Crippen LogP contribution in [0.3, 0.4) is 0 Å². The highest BCUT2D eigenvalue weighted by Crippen LogP contribution is 2.47. The van der Waals surface area contributed by atoms with E-state index in [0.29, 0.717) is 33.9 Å². The third kappa shape index (κ3) is 5.49. The molecule has 0 unspecified atom stereocenters. The lowest BCUT2D eigenvalue weighted by molar-refractivity contribution is 0.0740. The van der Waals surface area contributed by atoms with Crippen molar-refractivity contribution < 1.29 is 23.4 Å². The molecule has 5 aromatic carbocycles. The van der Waals surface area contributed by atoms with E-state index < -0.39 is 17.2 Å². The molecule has 7 rings (SSSR count). The third-order valence-electron chi connectivity index (χ3n) is 8.00. The van der Waals surface area contributed by atoms with E-state index in [4.69, 9.17) is 14.5 Å². The molecule has 222 valence electrons. The maximum Gasteiger partial charge on any atom is 0.219 e. The number of pyridine rings is 1. The topological polar surface area (TPSA) is 63.9 Å². The normalized spacial score (nSPS) is 17.6. The number of phenolic OH excluding ortho intramolecular Hbond substituents is 1. The van der Waals surface area contributed by atoms with E-state index in [1.807, 2.05) is 86.6 Å². The predicted octanol–water partition coefficient (Wildman–Crippen LogP) is 9.42. The van der Waals surface area contributed by atoms with Crippen molar-refractivity contribution in [3.8, 4) is 28.5 Å². The van der Waals surface area contributed by atoms with Crippen LogP contribution in [0.1, 0.15) is 35.2 Å². The summed E-state index contributed by atoms with van der Waals surface area (Å²) >= 11 is 0. The smallest absolute Gasteiger partial charge is 0.219 e. The molecular formula is C38H28F2N2O3. The fourth-order valence-electron chi connectivity index (χ4n) is 5.86. The van der Waals surface area contributed by atoms with Gasteiger partial charge in [-0.3, -0.25) is 0 Å². The van der Waals surface area contributed by atoms with Gasteiger partial charge in [0.15, 0.2) is 5.60 Å². The fraction of sp³-hybridized carbons (Fsp3) is 0.105. The van der Waals surface area contributed by atoms with E-state index in [2.05, 4.69) is 4.98 Å². The Morgan fingerprint density at radius 2 is 1.42 bits per heavy atom. The summed E-state index contributed by atoms with van der Waals surface area (Å²) in [5, 5.41) is 11.3. The third-order valence-corrected chi connectivity index (χ3v) is 8.00. The van der Waals surface area contributed by atoms with Crippen LogP contribution < -0.4 is 4.74 Å². The van der Waals surface area contributed by atoms with Gasteiger partial charge in [0.25, 0.3) is 0 Å². The zero-order valence-electron chi connectivity index (χ0n) is 24.5. The van der Waals surface area contributed by atoms with Gasteiger partial charge in [-0.1, -0.05) is 60.7 Å². The van der Waals surface area contributed by atoms with E-state index in [1.54, 1.807) is 30.3 Å². The van der Waals surface area contributed by atoms with Crippen molar-refractivity contribution in [3.05, 3.63) is 155 Å². The number of aromatic hydroxyl groups is 1. The molecule has 2 heterocycles. The molecule has 0 amide bonds. The molecule has 1 N–H and O–H groups in total.